The summed E-state index contributed by atoms with van der Waals surface area (Å²) in [4.78, 5) is 0. The van der Waals surface area contributed by atoms with Crippen LogP contribution in [0.25, 0.3) is 12.2 Å². The fraction of sp³-hybridized carbons (Fsp3) is 0.0714. The molecule has 0 spiro atoms. The number of fused-ring (bicyclic) bond motifs is 1. The van der Waals surface area contributed by atoms with Gasteiger partial charge in [0.05, 0.1) is 5.69 Å². The van der Waals surface area contributed by atoms with Crippen molar-refractivity contribution in [3.05, 3.63) is 65.0 Å². The fourth-order valence-corrected chi connectivity index (χ4v) is 1.97. The van der Waals surface area contributed by atoms with E-state index in [2.05, 4.69) is 52.7 Å². The van der Waals surface area contributed by atoms with Gasteiger partial charge in [0.1, 0.15) is 0 Å². The Labute approximate surface area is 94.3 Å². The number of hydrogen-bond donors (Lipinski definition) is 1. The highest BCUT2D eigenvalue weighted by Crippen LogP contribution is 2.25. The molecule has 1 aromatic heterocycles. The first-order chi connectivity index (χ1) is 7.92. The lowest BCUT2D eigenvalue weighted by Crippen LogP contribution is -1.81. The molecule has 0 bridgehead atoms. The third-order valence-corrected chi connectivity index (χ3v) is 2.79. The first-order valence-corrected chi connectivity index (χ1v) is 5.38. The van der Waals surface area contributed by atoms with Crippen LogP contribution in [0.15, 0.2) is 48.2 Å². The van der Waals surface area contributed by atoms with E-state index in [1.54, 1.807) is 6.20 Å². The zero-order chi connectivity index (χ0) is 10.8. The second kappa shape index (κ2) is 3.81. The van der Waals surface area contributed by atoms with Gasteiger partial charge in [-0.3, -0.25) is 5.10 Å². The van der Waals surface area contributed by atoms with Crippen LogP contribution in [0.3, 0.4) is 0 Å². The van der Waals surface area contributed by atoms with E-state index < -0.39 is 0 Å². The Morgan fingerprint density at radius 2 is 2.06 bits per heavy atom. The van der Waals surface area contributed by atoms with Crippen molar-refractivity contribution in [3.63, 3.8) is 0 Å². The van der Waals surface area contributed by atoms with Gasteiger partial charge in [0.2, 0.25) is 0 Å². The smallest absolute Gasteiger partial charge is 0.0577 e. The zero-order valence-electron chi connectivity index (χ0n) is 8.85. The summed E-state index contributed by atoms with van der Waals surface area (Å²) in [5.74, 6) is 0. The Balaban J connectivity index is 1.81. The Morgan fingerprint density at radius 1 is 1.12 bits per heavy atom. The van der Waals surface area contributed by atoms with Crippen molar-refractivity contribution in [2.45, 2.75) is 6.42 Å². The number of nitrogens with zero attached hydrogens (tertiary/aromatic N) is 1. The van der Waals surface area contributed by atoms with Crippen LogP contribution >= 0.6 is 0 Å². The molecule has 1 aliphatic rings. The molecule has 3 rings (SSSR count). The number of nitrogens with one attached hydrogen (secondary N) is 1. The van der Waals surface area contributed by atoms with Crippen molar-refractivity contribution >= 4 is 12.2 Å². The van der Waals surface area contributed by atoms with Gasteiger partial charge in [-0.25, -0.2) is 0 Å². The van der Waals surface area contributed by atoms with Crippen LogP contribution in [-0.4, -0.2) is 10.2 Å². The predicted octanol–water partition coefficient (Wildman–Crippen LogP) is 3.06. The zero-order valence-corrected chi connectivity index (χ0v) is 8.85. The maximum Gasteiger partial charge on any atom is 0.0577 e. The van der Waals surface area contributed by atoms with E-state index in [1.165, 1.54) is 16.7 Å². The van der Waals surface area contributed by atoms with Crippen LogP contribution < -0.4 is 0 Å². The molecule has 0 aliphatic heterocycles. The van der Waals surface area contributed by atoms with Crippen molar-refractivity contribution in [1.29, 1.82) is 0 Å². The summed E-state index contributed by atoms with van der Waals surface area (Å²) in [6.07, 6.45) is 9.23. The van der Waals surface area contributed by atoms with Gasteiger partial charge in [-0.1, -0.05) is 36.4 Å². The van der Waals surface area contributed by atoms with Gasteiger partial charge in [-0.15, -0.1) is 0 Å². The van der Waals surface area contributed by atoms with E-state index in [-0.39, 0.29) is 0 Å². The molecule has 0 radical (unpaired) electrons. The topological polar surface area (TPSA) is 28.7 Å². The Hall–Kier alpha value is -2.09. The lowest BCUT2D eigenvalue weighted by atomic mass is 10.1. The maximum absolute atomic E-state index is 3.91. The summed E-state index contributed by atoms with van der Waals surface area (Å²) in [6, 6.07) is 10.5. The molecular formula is C14H12N2. The molecule has 16 heavy (non-hydrogen) atoms. The van der Waals surface area contributed by atoms with Crippen molar-refractivity contribution in [3.8, 4) is 0 Å². The van der Waals surface area contributed by atoms with Gasteiger partial charge in [-0.05, 0) is 35.3 Å². The minimum atomic E-state index is 1.03. The lowest BCUT2D eigenvalue weighted by molar-refractivity contribution is 1.08. The molecule has 2 aromatic rings. The highest BCUT2D eigenvalue weighted by Gasteiger charge is 2.08. The van der Waals surface area contributed by atoms with Gasteiger partial charge in [0.25, 0.3) is 0 Å². The number of allylic oxidation sites excluding steroid dienone is 2. The number of aromatic nitrogens is 2. The number of hydrogen-bond acceptors (Lipinski definition) is 1. The number of rotatable bonds is 2. The molecule has 2 nitrogen and oxygen atoms in total. The summed E-state index contributed by atoms with van der Waals surface area (Å²) < 4.78 is 0. The van der Waals surface area contributed by atoms with E-state index in [1.807, 2.05) is 6.07 Å². The van der Waals surface area contributed by atoms with Gasteiger partial charge < -0.3 is 0 Å². The van der Waals surface area contributed by atoms with E-state index in [0.29, 0.717) is 0 Å². The molecule has 0 saturated carbocycles. The average Bonchev–Trinajstić information content (AvgIpc) is 2.95. The maximum atomic E-state index is 3.91. The van der Waals surface area contributed by atoms with Gasteiger partial charge >= 0.3 is 0 Å². The summed E-state index contributed by atoms with van der Waals surface area (Å²) in [5, 5.41) is 6.83. The van der Waals surface area contributed by atoms with Crippen LogP contribution in [0, 0.1) is 0 Å². The molecule has 1 aliphatic carbocycles. The summed E-state index contributed by atoms with van der Waals surface area (Å²) in [6.45, 7) is 0. The van der Waals surface area contributed by atoms with E-state index in [0.717, 1.165) is 12.1 Å². The summed E-state index contributed by atoms with van der Waals surface area (Å²) >= 11 is 0. The largest absolute Gasteiger partial charge is 0.278 e. The highest BCUT2D eigenvalue weighted by atomic mass is 15.1. The van der Waals surface area contributed by atoms with Crippen LogP contribution in [0.4, 0.5) is 0 Å². The molecule has 0 fully saturated rings. The van der Waals surface area contributed by atoms with Crippen molar-refractivity contribution < 1.29 is 0 Å². The molecule has 0 atom stereocenters. The average molecular weight is 208 g/mol. The second-order valence-electron chi connectivity index (χ2n) is 3.94. The summed E-state index contributed by atoms with van der Waals surface area (Å²) in [5.41, 5.74) is 5.13. The molecule has 78 valence electrons. The van der Waals surface area contributed by atoms with Crippen molar-refractivity contribution in [1.82, 2.24) is 10.2 Å². The van der Waals surface area contributed by atoms with Crippen LogP contribution in [-0.2, 0) is 6.42 Å². The lowest BCUT2D eigenvalue weighted by Gasteiger charge is -1.94. The van der Waals surface area contributed by atoms with Crippen LogP contribution in [0.2, 0.25) is 0 Å². The minimum Gasteiger partial charge on any atom is -0.278 e. The normalized spacial score (nSPS) is 14.1. The van der Waals surface area contributed by atoms with Crippen LogP contribution in [0.5, 0.6) is 0 Å². The second-order valence-corrected chi connectivity index (χ2v) is 3.94. The van der Waals surface area contributed by atoms with E-state index >= 15 is 0 Å². The molecule has 2 heteroatoms. The first-order valence-electron chi connectivity index (χ1n) is 5.38. The third kappa shape index (κ3) is 1.70. The molecule has 1 heterocycles. The summed E-state index contributed by atoms with van der Waals surface area (Å²) in [7, 11) is 0. The molecule has 1 aromatic carbocycles. The third-order valence-electron chi connectivity index (χ3n) is 2.79. The minimum absolute atomic E-state index is 1.03. The Bertz CT molecular complexity index is 548. The standard InChI is InChI=1S/C14H12N2/c1-2-4-13-10-11(9-12(13)3-1)5-6-14-7-8-15-16-14/h1-9H,10H2,(H,15,16)/b6-5+. The fourth-order valence-electron chi connectivity index (χ4n) is 1.97. The Kier molecular flexibility index (Phi) is 2.18. The number of H-pyrrole nitrogens is 1. The molecular weight excluding hydrogens is 196 g/mol. The molecule has 0 saturated heterocycles. The molecule has 0 unspecified atom stereocenters. The van der Waals surface area contributed by atoms with Crippen molar-refractivity contribution in [2.24, 2.45) is 0 Å². The predicted molar refractivity (Wildman–Crippen MR) is 65.7 cm³/mol. The number of aromatic amines is 1. The highest BCUT2D eigenvalue weighted by molar-refractivity contribution is 5.68. The number of benzene rings is 1. The molecule has 1 N–H and O–H groups in total. The van der Waals surface area contributed by atoms with Gasteiger partial charge in [-0.2, -0.15) is 5.10 Å². The first kappa shape index (κ1) is 9.16. The Morgan fingerprint density at radius 3 is 2.88 bits per heavy atom. The van der Waals surface area contributed by atoms with Gasteiger partial charge in [0, 0.05) is 6.20 Å². The van der Waals surface area contributed by atoms with Crippen LogP contribution in [0.1, 0.15) is 16.8 Å². The molecule has 0 amide bonds. The SMILES string of the molecule is C1=C(/C=C/c2ccn[nH]2)Cc2ccccc21. The van der Waals surface area contributed by atoms with Crippen molar-refractivity contribution in [2.75, 3.05) is 0 Å². The monoisotopic (exact) mass is 208 g/mol. The van der Waals surface area contributed by atoms with E-state index in [9.17, 15) is 0 Å². The quantitative estimate of drug-likeness (QED) is 0.807. The van der Waals surface area contributed by atoms with Gasteiger partial charge in [0.15, 0.2) is 0 Å². The van der Waals surface area contributed by atoms with E-state index in [4.69, 9.17) is 0 Å².